The molecule has 2 fully saturated rings. The van der Waals surface area contributed by atoms with Crippen molar-refractivity contribution in [3.63, 3.8) is 0 Å². The van der Waals surface area contributed by atoms with Crippen molar-refractivity contribution >= 4 is 21.4 Å². The molecule has 0 aromatic heterocycles. The van der Waals surface area contributed by atoms with Gasteiger partial charge in [0.25, 0.3) is 0 Å². The number of alkyl halides is 1. The van der Waals surface area contributed by atoms with Gasteiger partial charge in [0.2, 0.25) is 0 Å². The Hall–Kier alpha value is -0.0200. The number of rotatable bonds is 0. The fourth-order valence-corrected chi connectivity index (χ4v) is 7.24. The Morgan fingerprint density at radius 2 is 1.93 bits per heavy atom. The molecule has 1 saturated carbocycles. The van der Waals surface area contributed by atoms with Gasteiger partial charge in [-0.15, -0.1) is 11.6 Å². The first kappa shape index (κ1) is 10.2. The van der Waals surface area contributed by atoms with Gasteiger partial charge in [0.15, 0.2) is 9.84 Å². The van der Waals surface area contributed by atoms with Crippen LogP contribution in [-0.4, -0.2) is 18.9 Å². The van der Waals surface area contributed by atoms with Gasteiger partial charge in [-0.25, -0.2) is 8.42 Å². The van der Waals surface area contributed by atoms with Crippen LogP contribution in [0.4, 0.5) is 0 Å². The van der Waals surface area contributed by atoms with Crippen molar-refractivity contribution in [3.8, 4) is 0 Å². The monoisotopic (exact) mass is 246 g/mol. The minimum Gasteiger partial charge on any atom is -0.227 e. The summed E-state index contributed by atoms with van der Waals surface area (Å²) in [6, 6.07) is 0. The molecule has 1 aliphatic heterocycles. The van der Waals surface area contributed by atoms with E-state index in [2.05, 4.69) is 12.2 Å². The predicted molar refractivity (Wildman–Crippen MR) is 60.5 cm³/mol. The maximum atomic E-state index is 12.0. The molecule has 3 aliphatic rings. The summed E-state index contributed by atoms with van der Waals surface area (Å²) in [5.41, 5.74) is -0.158. The topological polar surface area (TPSA) is 34.1 Å². The molecule has 0 unspecified atom stereocenters. The molecule has 0 spiro atoms. The van der Waals surface area contributed by atoms with Gasteiger partial charge >= 0.3 is 0 Å². The molecule has 1 saturated heterocycles. The molecule has 0 bridgehead atoms. The van der Waals surface area contributed by atoms with Crippen molar-refractivity contribution < 1.29 is 8.42 Å². The highest BCUT2D eigenvalue weighted by atomic mass is 35.5. The van der Waals surface area contributed by atoms with Gasteiger partial charge in [0.1, 0.15) is 4.71 Å². The average molecular weight is 247 g/mol. The van der Waals surface area contributed by atoms with Crippen LogP contribution in [0.2, 0.25) is 0 Å². The minimum atomic E-state index is -3.06. The zero-order valence-corrected chi connectivity index (χ0v) is 10.1. The van der Waals surface area contributed by atoms with E-state index in [9.17, 15) is 8.42 Å². The van der Waals surface area contributed by atoms with Crippen molar-refractivity contribution in [2.24, 2.45) is 10.8 Å². The lowest BCUT2D eigenvalue weighted by molar-refractivity contribution is 0.122. The number of sulfone groups is 1. The van der Waals surface area contributed by atoms with Crippen LogP contribution in [0.5, 0.6) is 0 Å². The highest BCUT2D eigenvalue weighted by Gasteiger charge is 2.67. The van der Waals surface area contributed by atoms with Crippen LogP contribution >= 0.6 is 11.6 Å². The van der Waals surface area contributed by atoms with Gasteiger partial charge in [-0.3, -0.25) is 0 Å². The lowest BCUT2D eigenvalue weighted by Gasteiger charge is -2.42. The Kier molecular flexibility index (Phi) is 1.90. The first-order chi connectivity index (χ1) is 7.03. The predicted octanol–water partition coefficient (Wildman–Crippen LogP) is 2.49. The quantitative estimate of drug-likeness (QED) is 0.486. The fourth-order valence-electron chi connectivity index (χ4n) is 4.01. The molecule has 0 aromatic rings. The Bertz CT molecular complexity index is 428. The van der Waals surface area contributed by atoms with E-state index >= 15 is 0 Å². The third-order valence-electron chi connectivity index (χ3n) is 4.72. The standard InChI is InChI=1S/C11H15ClO2S/c12-9-11-6-2-1-4-10(11,5-3-7-11)8-15(9,13)14/h1-2,9H,3-8H2/t9-,10-,11+/m1/s1. The number of allylic oxidation sites excluding steroid dienone is 2. The van der Waals surface area contributed by atoms with Crippen LogP contribution in [0.25, 0.3) is 0 Å². The maximum Gasteiger partial charge on any atom is 0.168 e. The molecule has 3 rings (SSSR count). The van der Waals surface area contributed by atoms with Gasteiger partial charge in [-0.1, -0.05) is 18.6 Å². The molecule has 0 aromatic carbocycles. The van der Waals surface area contributed by atoms with Crippen LogP contribution < -0.4 is 0 Å². The van der Waals surface area contributed by atoms with E-state index in [0.29, 0.717) is 5.75 Å². The molecular formula is C11H15ClO2S. The molecule has 1 heterocycles. The molecular weight excluding hydrogens is 232 g/mol. The van der Waals surface area contributed by atoms with E-state index in [1.807, 2.05) is 0 Å². The van der Waals surface area contributed by atoms with Gasteiger partial charge in [0.05, 0.1) is 5.75 Å². The second-order valence-corrected chi connectivity index (χ2v) is 8.07. The summed E-state index contributed by atoms with van der Waals surface area (Å²) in [7, 11) is -3.06. The maximum absolute atomic E-state index is 12.0. The van der Waals surface area contributed by atoms with Crippen LogP contribution in [0, 0.1) is 10.8 Å². The van der Waals surface area contributed by atoms with Crippen molar-refractivity contribution in [2.45, 2.75) is 36.8 Å². The largest absolute Gasteiger partial charge is 0.227 e. The summed E-state index contributed by atoms with van der Waals surface area (Å²) in [6.45, 7) is 0. The Balaban J connectivity index is 2.19. The normalized spacial score (nSPS) is 51.4. The van der Waals surface area contributed by atoms with E-state index in [1.54, 1.807) is 0 Å². The van der Waals surface area contributed by atoms with E-state index in [-0.39, 0.29) is 10.8 Å². The van der Waals surface area contributed by atoms with E-state index in [0.717, 1.165) is 32.1 Å². The molecule has 3 atom stereocenters. The van der Waals surface area contributed by atoms with Crippen molar-refractivity contribution in [3.05, 3.63) is 12.2 Å². The van der Waals surface area contributed by atoms with Crippen molar-refractivity contribution in [2.75, 3.05) is 5.75 Å². The summed E-state index contributed by atoms with van der Waals surface area (Å²) < 4.78 is 23.3. The second kappa shape index (κ2) is 2.80. The molecule has 2 nitrogen and oxygen atoms in total. The molecule has 0 N–H and O–H groups in total. The Morgan fingerprint density at radius 3 is 2.67 bits per heavy atom. The smallest absolute Gasteiger partial charge is 0.168 e. The first-order valence-electron chi connectivity index (χ1n) is 5.53. The second-order valence-electron chi connectivity index (χ2n) is 5.29. The zero-order valence-electron chi connectivity index (χ0n) is 8.58. The number of halogens is 1. The summed E-state index contributed by atoms with van der Waals surface area (Å²) in [5.74, 6) is 0.318. The Labute approximate surface area is 95.6 Å². The van der Waals surface area contributed by atoms with Gasteiger partial charge in [-0.2, -0.15) is 0 Å². The SMILES string of the molecule is O=S1(=O)C[C@]23CC=CC[C@]2(CCC3)[C@@H]1Cl. The molecule has 4 heteroatoms. The van der Waals surface area contributed by atoms with E-state index in [1.165, 1.54) is 0 Å². The third kappa shape index (κ3) is 1.04. The highest BCUT2D eigenvalue weighted by Crippen LogP contribution is 2.67. The van der Waals surface area contributed by atoms with E-state index < -0.39 is 14.5 Å². The van der Waals surface area contributed by atoms with Crippen LogP contribution in [0.1, 0.15) is 32.1 Å². The third-order valence-corrected chi connectivity index (χ3v) is 7.99. The summed E-state index contributed by atoms with van der Waals surface area (Å²) >= 11 is 6.24. The highest BCUT2D eigenvalue weighted by molar-refractivity contribution is 7.93. The van der Waals surface area contributed by atoms with Crippen LogP contribution in [-0.2, 0) is 9.84 Å². The molecule has 0 radical (unpaired) electrons. The zero-order chi connectivity index (χ0) is 10.7. The van der Waals surface area contributed by atoms with E-state index in [4.69, 9.17) is 11.6 Å². The average Bonchev–Trinajstić information content (AvgIpc) is 2.61. The lowest BCUT2D eigenvalue weighted by atomic mass is 9.62. The first-order valence-corrected chi connectivity index (χ1v) is 7.68. The van der Waals surface area contributed by atoms with Crippen LogP contribution in [0.3, 0.4) is 0 Å². The van der Waals surface area contributed by atoms with Gasteiger partial charge < -0.3 is 0 Å². The minimum absolute atomic E-state index is 0.0208. The lowest BCUT2D eigenvalue weighted by Crippen LogP contribution is -2.40. The molecule has 15 heavy (non-hydrogen) atoms. The van der Waals surface area contributed by atoms with Gasteiger partial charge in [-0.05, 0) is 31.1 Å². The summed E-state index contributed by atoms with van der Waals surface area (Å²) in [5, 5.41) is 0. The number of hydrogen-bond donors (Lipinski definition) is 0. The summed E-state index contributed by atoms with van der Waals surface area (Å²) in [6.07, 6.45) is 9.22. The molecule has 84 valence electrons. The van der Waals surface area contributed by atoms with Crippen molar-refractivity contribution in [1.29, 1.82) is 0 Å². The summed E-state index contributed by atoms with van der Waals surface area (Å²) in [4.78, 5) is 0. The van der Waals surface area contributed by atoms with Crippen molar-refractivity contribution in [1.82, 2.24) is 0 Å². The molecule has 0 amide bonds. The fraction of sp³-hybridized carbons (Fsp3) is 0.818. The van der Waals surface area contributed by atoms with Gasteiger partial charge in [0, 0.05) is 5.41 Å². The number of hydrogen-bond acceptors (Lipinski definition) is 2. The Morgan fingerprint density at radius 1 is 1.20 bits per heavy atom. The molecule has 2 aliphatic carbocycles. The van der Waals surface area contributed by atoms with Crippen LogP contribution in [0.15, 0.2) is 12.2 Å².